The lowest BCUT2D eigenvalue weighted by Gasteiger charge is -2.36. The Morgan fingerprint density at radius 1 is 0.947 bits per heavy atom. The molecular weight excluding hydrogens is 248 g/mol. The smallest absolute Gasteiger partial charge is 0.0982 e. The molecule has 0 radical (unpaired) electrons. The van der Waals surface area contributed by atoms with Gasteiger partial charge in [-0.3, -0.25) is 0 Å². The van der Waals surface area contributed by atoms with Crippen LogP contribution < -0.4 is 5.73 Å². The summed E-state index contributed by atoms with van der Waals surface area (Å²) >= 11 is 0. The number of hydroxylamine groups is 4. The van der Waals surface area contributed by atoms with E-state index < -0.39 is 5.54 Å². The van der Waals surface area contributed by atoms with Crippen molar-refractivity contribution in [1.82, 2.24) is 10.1 Å². The molecule has 0 heterocycles. The van der Waals surface area contributed by atoms with E-state index in [2.05, 4.69) is 5.18 Å². The molecule has 0 aromatic carbocycles. The maximum Gasteiger partial charge on any atom is 0.0982 e. The molecule has 0 spiro atoms. The Hall–Kier alpha value is -0.600. The average Bonchev–Trinajstić information content (AvgIpc) is 2.30. The maximum absolute atomic E-state index is 11.5. The van der Waals surface area contributed by atoms with Gasteiger partial charge < -0.3 is 26.3 Å². The Balaban J connectivity index is 3.78. The van der Waals surface area contributed by atoms with Crippen molar-refractivity contribution in [3.05, 3.63) is 15.3 Å². The Morgan fingerprint density at radius 3 is 1.74 bits per heavy atom. The van der Waals surface area contributed by atoms with Crippen LogP contribution in [0, 0.1) is 15.3 Å². The molecule has 0 amide bonds. The van der Waals surface area contributed by atoms with Gasteiger partial charge in [0.1, 0.15) is 0 Å². The molecule has 0 unspecified atom stereocenters. The van der Waals surface area contributed by atoms with Gasteiger partial charge >= 0.3 is 0 Å². The normalized spacial score (nSPS) is 13.3. The van der Waals surface area contributed by atoms with Gasteiger partial charge in [-0.25, -0.2) is 0 Å². The van der Waals surface area contributed by atoms with Crippen LogP contribution in [-0.4, -0.2) is 47.4 Å². The minimum atomic E-state index is -0.733. The van der Waals surface area contributed by atoms with Gasteiger partial charge in [0.2, 0.25) is 0 Å². The molecule has 0 rings (SSSR count). The molecule has 0 aliphatic rings. The average molecular weight is 274 g/mol. The molecule has 0 aromatic heterocycles. The van der Waals surface area contributed by atoms with E-state index in [9.17, 15) is 15.3 Å². The van der Waals surface area contributed by atoms with Crippen molar-refractivity contribution in [2.45, 2.75) is 51.6 Å². The molecule has 0 bridgehead atoms. The third-order valence-electron chi connectivity index (χ3n) is 2.82. The summed E-state index contributed by atoms with van der Waals surface area (Å²) in [5.41, 5.74) is 4.66. The summed E-state index contributed by atoms with van der Waals surface area (Å²) in [7, 11) is 0. The first-order valence-electron chi connectivity index (χ1n) is 6.53. The third-order valence-corrected chi connectivity index (χ3v) is 2.82. The fourth-order valence-electron chi connectivity index (χ4n) is 1.30. The molecule has 7 heteroatoms. The van der Waals surface area contributed by atoms with Crippen molar-refractivity contribution >= 4 is 0 Å². The summed E-state index contributed by atoms with van der Waals surface area (Å²) in [6, 6.07) is 0. The summed E-state index contributed by atoms with van der Waals surface area (Å²) in [5.74, 6) is 0. The van der Waals surface area contributed by atoms with Crippen LogP contribution in [0.1, 0.15) is 40.5 Å². The minimum Gasteiger partial charge on any atom is -0.785 e. The van der Waals surface area contributed by atoms with E-state index in [4.69, 9.17) is 5.73 Å². The first-order chi connectivity index (χ1) is 8.56. The van der Waals surface area contributed by atoms with E-state index in [0.29, 0.717) is 19.4 Å². The SMILES string of the molecule is CC(C)(N)CCN([O-])CCN([O-])CCC(C)(C)N=O. The molecule has 0 aromatic rings. The van der Waals surface area contributed by atoms with Crippen LogP contribution in [0.15, 0.2) is 5.18 Å². The quantitative estimate of drug-likeness (QED) is 0.479. The second-order valence-corrected chi connectivity index (χ2v) is 6.25. The Bertz CT molecular complexity index is 266. The van der Waals surface area contributed by atoms with Gasteiger partial charge in [-0.2, -0.15) is 4.91 Å². The van der Waals surface area contributed by atoms with Crippen molar-refractivity contribution in [1.29, 1.82) is 0 Å². The van der Waals surface area contributed by atoms with Crippen molar-refractivity contribution < 1.29 is 0 Å². The molecule has 0 saturated carbocycles. The van der Waals surface area contributed by atoms with Crippen LogP contribution in [0.4, 0.5) is 0 Å². The molecular formula is C12H26N4O3-2. The predicted molar refractivity (Wildman–Crippen MR) is 77.3 cm³/mol. The summed E-state index contributed by atoms with van der Waals surface area (Å²) in [4.78, 5) is 10.4. The molecule has 0 aliphatic carbocycles. The number of nitrogens with zero attached hydrogens (tertiary/aromatic N) is 3. The molecule has 0 fully saturated rings. The van der Waals surface area contributed by atoms with Gasteiger partial charge in [-0.15, -0.1) is 0 Å². The van der Waals surface area contributed by atoms with Crippen molar-refractivity contribution in [2.75, 3.05) is 26.2 Å². The van der Waals surface area contributed by atoms with Crippen LogP contribution >= 0.6 is 0 Å². The Kier molecular flexibility index (Phi) is 7.61. The lowest BCUT2D eigenvalue weighted by Crippen LogP contribution is -2.38. The van der Waals surface area contributed by atoms with E-state index in [1.807, 2.05) is 13.8 Å². The minimum absolute atomic E-state index is 0.128. The summed E-state index contributed by atoms with van der Waals surface area (Å²) in [5, 5.41) is 27.6. The van der Waals surface area contributed by atoms with Gasteiger partial charge in [0.15, 0.2) is 0 Å². The van der Waals surface area contributed by atoms with Crippen molar-refractivity contribution in [2.24, 2.45) is 10.9 Å². The van der Waals surface area contributed by atoms with Gasteiger partial charge in [0.25, 0.3) is 0 Å². The lowest BCUT2D eigenvalue weighted by atomic mass is 10.0. The zero-order valence-electron chi connectivity index (χ0n) is 12.4. The highest BCUT2D eigenvalue weighted by Crippen LogP contribution is 2.13. The number of nitroso groups, excluding NO2 is 1. The molecule has 0 atom stereocenters. The van der Waals surface area contributed by atoms with Crippen LogP contribution in [0.3, 0.4) is 0 Å². The second-order valence-electron chi connectivity index (χ2n) is 6.25. The van der Waals surface area contributed by atoms with E-state index in [1.165, 1.54) is 0 Å². The van der Waals surface area contributed by atoms with E-state index in [0.717, 1.165) is 10.1 Å². The standard InChI is InChI=1S/C12H26N4O3/c1-11(2,13)5-7-15(18)9-10-16(19)8-6-12(3,4)14-17/h5-10,13H2,1-4H3/q-2. The highest BCUT2D eigenvalue weighted by atomic mass is 16.5. The molecule has 0 aliphatic heterocycles. The first-order valence-corrected chi connectivity index (χ1v) is 6.53. The molecule has 2 N–H and O–H groups in total. The summed E-state index contributed by atoms with van der Waals surface area (Å²) < 4.78 is 0. The predicted octanol–water partition coefficient (Wildman–Crippen LogP) is 1.65. The highest BCUT2D eigenvalue weighted by Gasteiger charge is 2.17. The fourth-order valence-corrected chi connectivity index (χ4v) is 1.30. The van der Waals surface area contributed by atoms with Crippen LogP contribution in [0.5, 0.6) is 0 Å². The monoisotopic (exact) mass is 274 g/mol. The van der Waals surface area contributed by atoms with Gasteiger partial charge in [0, 0.05) is 5.54 Å². The highest BCUT2D eigenvalue weighted by molar-refractivity contribution is 4.79. The second kappa shape index (κ2) is 7.86. The van der Waals surface area contributed by atoms with Gasteiger partial charge in [0.05, 0.1) is 5.54 Å². The lowest BCUT2D eigenvalue weighted by molar-refractivity contribution is 0.266. The Morgan fingerprint density at radius 2 is 1.37 bits per heavy atom. The van der Waals surface area contributed by atoms with Crippen LogP contribution in [-0.2, 0) is 0 Å². The fraction of sp³-hybridized carbons (Fsp3) is 1.00. The van der Waals surface area contributed by atoms with Crippen molar-refractivity contribution in [3.63, 3.8) is 0 Å². The number of hydrogen-bond donors (Lipinski definition) is 1. The topological polar surface area (TPSA) is 108 Å². The number of nitrogens with two attached hydrogens (primary N) is 1. The van der Waals surface area contributed by atoms with E-state index in [-0.39, 0.29) is 25.2 Å². The third kappa shape index (κ3) is 11.0. The van der Waals surface area contributed by atoms with E-state index in [1.54, 1.807) is 13.8 Å². The zero-order chi connectivity index (χ0) is 15.1. The number of rotatable bonds is 10. The maximum atomic E-state index is 11.5. The molecule has 7 nitrogen and oxygen atoms in total. The number of hydrogen-bond acceptors (Lipinski definition) is 7. The van der Waals surface area contributed by atoms with Gasteiger partial charge in [-0.1, -0.05) is 5.18 Å². The van der Waals surface area contributed by atoms with Crippen LogP contribution in [0.25, 0.3) is 0 Å². The van der Waals surface area contributed by atoms with Gasteiger partial charge in [-0.05, 0) is 66.7 Å². The first kappa shape index (κ1) is 18.4. The van der Waals surface area contributed by atoms with Crippen LogP contribution in [0.2, 0.25) is 0 Å². The molecule has 0 saturated heterocycles. The largest absolute Gasteiger partial charge is 0.785 e. The van der Waals surface area contributed by atoms with E-state index >= 15 is 0 Å². The van der Waals surface area contributed by atoms with Crippen molar-refractivity contribution in [3.8, 4) is 0 Å². The molecule has 114 valence electrons. The summed E-state index contributed by atoms with van der Waals surface area (Å²) in [6.07, 6.45) is 0.964. The zero-order valence-corrected chi connectivity index (χ0v) is 12.4. The Labute approximate surface area is 115 Å². The summed E-state index contributed by atoms with van der Waals surface area (Å²) in [6.45, 7) is 7.87. The molecule has 19 heavy (non-hydrogen) atoms.